The van der Waals surface area contributed by atoms with Crippen molar-refractivity contribution in [2.24, 2.45) is 7.05 Å². The van der Waals surface area contributed by atoms with E-state index in [1.807, 2.05) is 25.3 Å². The Balaban J connectivity index is 1.87. The fourth-order valence-corrected chi connectivity index (χ4v) is 4.45. The van der Waals surface area contributed by atoms with Crippen LogP contribution in [0, 0.1) is 20.8 Å². The highest BCUT2D eigenvalue weighted by molar-refractivity contribution is 5.72. The standard InChI is InChI=1S/C22H33N7O3/c1-15-16(2)24-29(17(15)3)21-23-19-18(27(21)13-14-32-5)20(30)28(22(31)25(19)4)12-11-26-9-7-6-8-10-26/h6-14H2,1-5H3. The van der Waals surface area contributed by atoms with Gasteiger partial charge < -0.3 is 14.2 Å². The minimum absolute atomic E-state index is 0.312. The normalized spacial score (nSPS) is 15.2. The van der Waals surface area contributed by atoms with E-state index in [1.165, 1.54) is 28.4 Å². The molecule has 4 heterocycles. The van der Waals surface area contributed by atoms with Crippen molar-refractivity contribution < 1.29 is 4.74 Å². The van der Waals surface area contributed by atoms with Gasteiger partial charge in [-0.2, -0.15) is 10.1 Å². The Morgan fingerprint density at radius 1 is 0.969 bits per heavy atom. The van der Waals surface area contributed by atoms with Crippen LogP contribution in [-0.4, -0.2) is 66.7 Å². The maximum atomic E-state index is 13.6. The molecule has 0 N–H and O–H groups in total. The molecule has 0 amide bonds. The molecule has 32 heavy (non-hydrogen) atoms. The van der Waals surface area contributed by atoms with Crippen molar-refractivity contribution in [1.82, 2.24) is 33.4 Å². The van der Waals surface area contributed by atoms with E-state index in [0.29, 0.717) is 43.4 Å². The molecule has 0 spiro atoms. The third kappa shape index (κ3) is 3.81. The number of nitrogens with zero attached hydrogens (tertiary/aromatic N) is 7. The summed E-state index contributed by atoms with van der Waals surface area (Å²) < 4.78 is 11.7. The molecule has 3 aromatic heterocycles. The molecule has 1 aliphatic heterocycles. The van der Waals surface area contributed by atoms with Crippen LogP contribution < -0.4 is 11.2 Å². The molecule has 0 saturated carbocycles. The number of hydrogen-bond donors (Lipinski definition) is 0. The van der Waals surface area contributed by atoms with Gasteiger partial charge in [-0.15, -0.1) is 0 Å². The number of rotatable bonds is 7. The number of aromatic nitrogens is 6. The van der Waals surface area contributed by atoms with E-state index in [0.717, 1.165) is 30.0 Å². The largest absolute Gasteiger partial charge is 0.383 e. The number of likely N-dealkylation sites (tertiary alicyclic amines) is 1. The molecule has 0 unspecified atom stereocenters. The van der Waals surface area contributed by atoms with Crippen LogP contribution in [0.25, 0.3) is 17.1 Å². The monoisotopic (exact) mass is 443 g/mol. The lowest BCUT2D eigenvalue weighted by Crippen LogP contribution is -2.43. The number of aryl methyl sites for hydroxylation is 2. The molecule has 0 aromatic carbocycles. The van der Waals surface area contributed by atoms with Gasteiger partial charge >= 0.3 is 5.69 Å². The van der Waals surface area contributed by atoms with E-state index < -0.39 is 0 Å². The van der Waals surface area contributed by atoms with Crippen LogP contribution in [0.3, 0.4) is 0 Å². The molecule has 4 rings (SSSR count). The van der Waals surface area contributed by atoms with Crippen LogP contribution in [0.5, 0.6) is 0 Å². The number of fused-ring (bicyclic) bond motifs is 1. The average Bonchev–Trinajstić information content (AvgIpc) is 3.29. The minimum atomic E-state index is -0.341. The summed E-state index contributed by atoms with van der Waals surface area (Å²) in [5, 5.41) is 4.64. The first-order valence-electron chi connectivity index (χ1n) is 11.3. The van der Waals surface area contributed by atoms with Crippen LogP contribution in [0.15, 0.2) is 9.59 Å². The second kappa shape index (κ2) is 9.03. The van der Waals surface area contributed by atoms with Crippen molar-refractivity contribution in [1.29, 1.82) is 0 Å². The smallest absolute Gasteiger partial charge is 0.332 e. The number of hydrogen-bond acceptors (Lipinski definition) is 6. The summed E-state index contributed by atoms with van der Waals surface area (Å²) in [4.78, 5) is 33.7. The Morgan fingerprint density at radius 2 is 1.69 bits per heavy atom. The molecule has 0 aliphatic carbocycles. The van der Waals surface area contributed by atoms with Crippen molar-refractivity contribution in [2.45, 2.75) is 53.1 Å². The number of methoxy groups -OCH3 is 1. The number of piperidine rings is 1. The number of ether oxygens (including phenoxy) is 1. The molecule has 174 valence electrons. The summed E-state index contributed by atoms with van der Waals surface area (Å²) in [6, 6.07) is 0. The van der Waals surface area contributed by atoms with Gasteiger partial charge in [0.15, 0.2) is 11.2 Å². The Hall–Kier alpha value is -2.72. The first-order valence-corrected chi connectivity index (χ1v) is 11.3. The maximum absolute atomic E-state index is 13.6. The highest BCUT2D eigenvalue weighted by Gasteiger charge is 2.23. The zero-order chi connectivity index (χ0) is 23.0. The summed E-state index contributed by atoms with van der Waals surface area (Å²) >= 11 is 0. The fraction of sp³-hybridized carbons (Fsp3) is 0.636. The summed E-state index contributed by atoms with van der Waals surface area (Å²) in [7, 11) is 3.30. The maximum Gasteiger partial charge on any atom is 0.332 e. The van der Waals surface area contributed by atoms with Crippen LogP contribution in [0.2, 0.25) is 0 Å². The first kappa shape index (κ1) is 22.5. The predicted octanol–water partition coefficient (Wildman–Crippen LogP) is 1.14. The van der Waals surface area contributed by atoms with E-state index in [2.05, 4.69) is 10.00 Å². The van der Waals surface area contributed by atoms with E-state index in [-0.39, 0.29) is 11.2 Å². The third-order valence-corrected chi connectivity index (χ3v) is 6.66. The second-order valence-corrected chi connectivity index (χ2v) is 8.64. The molecule has 10 nitrogen and oxygen atoms in total. The quantitative estimate of drug-likeness (QED) is 0.544. The Kier molecular flexibility index (Phi) is 6.34. The molecule has 0 bridgehead atoms. The van der Waals surface area contributed by atoms with Crippen molar-refractivity contribution in [3.63, 3.8) is 0 Å². The zero-order valence-corrected chi connectivity index (χ0v) is 19.7. The van der Waals surface area contributed by atoms with Crippen LogP contribution in [-0.2, 0) is 24.9 Å². The molecule has 0 atom stereocenters. The van der Waals surface area contributed by atoms with Gasteiger partial charge in [0.2, 0.25) is 5.95 Å². The van der Waals surface area contributed by atoms with Crippen LogP contribution in [0.1, 0.15) is 36.2 Å². The average molecular weight is 444 g/mol. The lowest BCUT2D eigenvalue weighted by molar-refractivity contribution is 0.188. The molecule has 3 aromatic rings. The summed E-state index contributed by atoms with van der Waals surface area (Å²) in [5.74, 6) is 0.520. The van der Waals surface area contributed by atoms with E-state index >= 15 is 0 Å². The van der Waals surface area contributed by atoms with E-state index in [9.17, 15) is 9.59 Å². The van der Waals surface area contributed by atoms with Gasteiger partial charge in [0.25, 0.3) is 5.56 Å². The molecular weight excluding hydrogens is 410 g/mol. The van der Waals surface area contributed by atoms with Crippen LogP contribution in [0.4, 0.5) is 0 Å². The van der Waals surface area contributed by atoms with Gasteiger partial charge in [0.05, 0.1) is 12.3 Å². The molecule has 10 heteroatoms. The highest BCUT2D eigenvalue weighted by atomic mass is 16.5. The zero-order valence-electron chi connectivity index (χ0n) is 19.7. The fourth-order valence-electron chi connectivity index (χ4n) is 4.45. The minimum Gasteiger partial charge on any atom is -0.383 e. The van der Waals surface area contributed by atoms with Gasteiger partial charge in [0.1, 0.15) is 0 Å². The topological polar surface area (TPSA) is 92.1 Å². The Morgan fingerprint density at radius 3 is 2.31 bits per heavy atom. The lowest BCUT2D eigenvalue weighted by Gasteiger charge is -2.26. The third-order valence-electron chi connectivity index (χ3n) is 6.66. The van der Waals surface area contributed by atoms with Gasteiger partial charge in [-0.05, 0) is 52.3 Å². The van der Waals surface area contributed by atoms with Gasteiger partial charge in [-0.25, -0.2) is 9.48 Å². The summed E-state index contributed by atoms with van der Waals surface area (Å²) in [5.41, 5.74) is 3.05. The predicted molar refractivity (Wildman–Crippen MR) is 123 cm³/mol. The summed E-state index contributed by atoms with van der Waals surface area (Å²) in [6.07, 6.45) is 3.58. The molecule has 1 saturated heterocycles. The number of imidazole rings is 1. The molecular formula is C22H33N7O3. The van der Waals surface area contributed by atoms with Crippen molar-refractivity contribution in [2.75, 3.05) is 33.4 Å². The van der Waals surface area contributed by atoms with E-state index in [4.69, 9.17) is 9.72 Å². The molecule has 1 fully saturated rings. The molecule has 0 radical (unpaired) electrons. The first-order chi connectivity index (χ1) is 15.3. The van der Waals surface area contributed by atoms with Crippen molar-refractivity contribution >= 4 is 11.2 Å². The SMILES string of the molecule is COCCn1c(-n2nc(C)c(C)c2C)nc2c1c(=O)n(CCN1CCCCC1)c(=O)n2C. The highest BCUT2D eigenvalue weighted by Crippen LogP contribution is 2.20. The molecule has 1 aliphatic rings. The lowest BCUT2D eigenvalue weighted by atomic mass is 10.1. The van der Waals surface area contributed by atoms with Crippen molar-refractivity contribution in [3.8, 4) is 5.95 Å². The van der Waals surface area contributed by atoms with E-state index in [1.54, 1.807) is 18.8 Å². The van der Waals surface area contributed by atoms with Crippen molar-refractivity contribution in [3.05, 3.63) is 37.8 Å². The second-order valence-electron chi connectivity index (χ2n) is 8.64. The Bertz CT molecular complexity index is 1240. The van der Waals surface area contributed by atoms with Gasteiger partial charge in [-0.1, -0.05) is 6.42 Å². The Labute approximate surface area is 187 Å². The van der Waals surface area contributed by atoms with Gasteiger partial charge in [-0.3, -0.25) is 13.9 Å². The van der Waals surface area contributed by atoms with Gasteiger partial charge in [0, 0.05) is 39.5 Å². The van der Waals surface area contributed by atoms with Crippen LogP contribution >= 0.6 is 0 Å². The summed E-state index contributed by atoms with van der Waals surface area (Å²) in [6.45, 7) is 9.87.